The summed E-state index contributed by atoms with van der Waals surface area (Å²) in [7, 11) is 0. The Kier molecular flexibility index (Phi) is 8.73. The van der Waals surface area contributed by atoms with E-state index in [0.29, 0.717) is 0 Å². The third kappa shape index (κ3) is 7.83. The van der Waals surface area contributed by atoms with Crippen molar-refractivity contribution in [1.82, 2.24) is 0 Å². The van der Waals surface area contributed by atoms with E-state index >= 15 is 0 Å². The fraction of sp³-hybridized carbons (Fsp3) is 0.643. The third-order valence-electron chi connectivity index (χ3n) is 2.67. The summed E-state index contributed by atoms with van der Waals surface area (Å²) in [4.78, 5) is 33.3. The maximum Gasteiger partial charge on any atom is 0.470 e. The number of hydrogen-bond acceptors (Lipinski definition) is 6. The van der Waals surface area contributed by atoms with Crippen LogP contribution in [-0.4, -0.2) is 49.3 Å². The molecule has 0 aliphatic heterocycles. The number of carbonyl (C=O) groups excluding carboxylic acids is 3. The third-order valence-corrected chi connectivity index (χ3v) is 2.67. The van der Waals surface area contributed by atoms with Gasteiger partial charge in [0.15, 0.2) is 0 Å². The van der Waals surface area contributed by atoms with Gasteiger partial charge in [-0.25, -0.2) is 4.79 Å². The first-order valence-corrected chi connectivity index (χ1v) is 7.14. The molecule has 0 aliphatic rings. The lowest BCUT2D eigenvalue weighted by Gasteiger charge is -2.28. The molecule has 0 unspecified atom stereocenters. The predicted molar refractivity (Wildman–Crippen MR) is 72.6 cm³/mol. The standard InChI is InChI=1S/C14H15F7O6/c1-8(2)11(24)26-7-6-25-9(22)4-3-5-10(23)27-12(15,13(16,17)18)14(19,20)21/h1,3-7H2,2H3. The molecule has 0 heterocycles. The summed E-state index contributed by atoms with van der Waals surface area (Å²) in [5.74, 6) is -10.0. The molecule has 156 valence electrons. The highest BCUT2D eigenvalue weighted by molar-refractivity contribution is 5.86. The van der Waals surface area contributed by atoms with Gasteiger partial charge < -0.3 is 14.2 Å². The van der Waals surface area contributed by atoms with Crippen LogP contribution in [0.15, 0.2) is 12.2 Å². The van der Waals surface area contributed by atoms with E-state index < -0.39 is 55.4 Å². The van der Waals surface area contributed by atoms with E-state index in [1.165, 1.54) is 6.92 Å². The first kappa shape index (κ1) is 24.7. The van der Waals surface area contributed by atoms with Crippen LogP contribution in [0.1, 0.15) is 26.2 Å². The van der Waals surface area contributed by atoms with E-state index in [-0.39, 0.29) is 18.8 Å². The Morgan fingerprint density at radius 1 is 0.815 bits per heavy atom. The molecule has 0 aromatic carbocycles. The average Bonchev–Trinajstić information content (AvgIpc) is 2.48. The molecule has 13 heteroatoms. The monoisotopic (exact) mass is 412 g/mol. The van der Waals surface area contributed by atoms with E-state index in [0.717, 1.165) is 0 Å². The predicted octanol–water partition coefficient (Wildman–Crippen LogP) is 3.15. The van der Waals surface area contributed by atoms with Gasteiger partial charge in [-0.05, 0) is 13.3 Å². The highest BCUT2D eigenvalue weighted by atomic mass is 19.4. The molecule has 6 nitrogen and oxygen atoms in total. The molecule has 0 atom stereocenters. The molecule has 0 rings (SSSR count). The minimum atomic E-state index is -6.53. The number of hydrogen-bond donors (Lipinski definition) is 0. The number of rotatable bonds is 9. The lowest BCUT2D eigenvalue weighted by molar-refractivity contribution is -0.417. The highest BCUT2D eigenvalue weighted by Crippen LogP contribution is 2.47. The van der Waals surface area contributed by atoms with Gasteiger partial charge in [-0.2, -0.15) is 30.7 Å². The highest BCUT2D eigenvalue weighted by Gasteiger charge is 2.76. The van der Waals surface area contributed by atoms with Gasteiger partial charge in [0.25, 0.3) is 0 Å². The van der Waals surface area contributed by atoms with Gasteiger partial charge in [0.2, 0.25) is 0 Å². The molecular formula is C14H15F7O6. The van der Waals surface area contributed by atoms with E-state index in [1.807, 2.05) is 0 Å². The van der Waals surface area contributed by atoms with Crippen LogP contribution in [0.4, 0.5) is 30.7 Å². The van der Waals surface area contributed by atoms with Crippen LogP contribution in [0.3, 0.4) is 0 Å². The van der Waals surface area contributed by atoms with Gasteiger partial charge in [0.05, 0.1) is 0 Å². The number of ether oxygens (including phenoxy) is 3. The summed E-state index contributed by atoms with van der Waals surface area (Å²) in [6.07, 6.45) is -15.3. The molecular weight excluding hydrogens is 397 g/mol. The molecule has 0 aliphatic carbocycles. The minimum Gasteiger partial charge on any atom is -0.462 e. The van der Waals surface area contributed by atoms with Crippen molar-refractivity contribution in [2.24, 2.45) is 0 Å². The fourth-order valence-corrected chi connectivity index (χ4v) is 1.35. The summed E-state index contributed by atoms with van der Waals surface area (Å²) < 4.78 is 98.4. The Balaban J connectivity index is 4.30. The van der Waals surface area contributed by atoms with Crippen LogP contribution < -0.4 is 0 Å². The van der Waals surface area contributed by atoms with Gasteiger partial charge >= 0.3 is 36.1 Å². The van der Waals surface area contributed by atoms with Crippen LogP contribution in [0.2, 0.25) is 0 Å². The quantitative estimate of drug-likeness (QED) is 0.190. The molecule has 0 saturated carbocycles. The van der Waals surface area contributed by atoms with Crippen molar-refractivity contribution in [1.29, 1.82) is 0 Å². The van der Waals surface area contributed by atoms with E-state index in [4.69, 9.17) is 0 Å². The topological polar surface area (TPSA) is 78.9 Å². The van der Waals surface area contributed by atoms with Gasteiger partial charge in [-0.1, -0.05) is 6.58 Å². The SMILES string of the molecule is C=C(C)C(=O)OCCOC(=O)CCCC(=O)OC(F)(C(F)(F)F)C(F)(F)F. The van der Waals surface area contributed by atoms with Crippen molar-refractivity contribution in [2.75, 3.05) is 13.2 Å². The molecule has 0 aromatic rings. The number of halogens is 7. The molecule has 0 saturated heterocycles. The second kappa shape index (κ2) is 9.55. The van der Waals surface area contributed by atoms with Crippen molar-refractivity contribution < 1.29 is 59.3 Å². The van der Waals surface area contributed by atoms with E-state index in [9.17, 15) is 45.1 Å². The normalized spacial score (nSPS) is 12.3. The molecule has 0 bridgehead atoms. The lowest BCUT2D eigenvalue weighted by Crippen LogP contribution is -2.56. The summed E-state index contributed by atoms with van der Waals surface area (Å²) in [6.45, 7) is 3.96. The zero-order chi connectivity index (χ0) is 21.5. The first-order valence-electron chi connectivity index (χ1n) is 7.14. The maximum atomic E-state index is 13.1. The Morgan fingerprint density at radius 2 is 1.26 bits per heavy atom. The molecule has 0 fully saturated rings. The molecule has 0 amide bonds. The number of alkyl halides is 7. The zero-order valence-electron chi connectivity index (χ0n) is 13.8. The number of carbonyl (C=O) groups is 3. The van der Waals surface area contributed by atoms with E-state index in [1.54, 1.807) is 0 Å². The van der Waals surface area contributed by atoms with Crippen molar-refractivity contribution >= 4 is 17.9 Å². The van der Waals surface area contributed by atoms with Crippen LogP contribution >= 0.6 is 0 Å². The van der Waals surface area contributed by atoms with Crippen LogP contribution in [0.25, 0.3) is 0 Å². The van der Waals surface area contributed by atoms with Crippen LogP contribution in [0, 0.1) is 0 Å². The van der Waals surface area contributed by atoms with Crippen molar-refractivity contribution in [3.63, 3.8) is 0 Å². The van der Waals surface area contributed by atoms with Gasteiger partial charge in [-0.15, -0.1) is 0 Å². The number of esters is 3. The summed E-state index contributed by atoms with van der Waals surface area (Å²) >= 11 is 0. The van der Waals surface area contributed by atoms with Crippen molar-refractivity contribution in [3.05, 3.63) is 12.2 Å². The van der Waals surface area contributed by atoms with Crippen molar-refractivity contribution in [2.45, 2.75) is 44.4 Å². The van der Waals surface area contributed by atoms with Gasteiger partial charge in [-0.3, -0.25) is 9.59 Å². The second-order valence-electron chi connectivity index (χ2n) is 5.06. The largest absolute Gasteiger partial charge is 0.470 e. The average molecular weight is 412 g/mol. The van der Waals surface area contributed by atoms with Crippen molar-refractivity contribution in [3.8, 4) is 0 Å². The fourth-order valence-electron chi connectivity index (χ4n) is 1.35. The first-order chi connectivity index (χ1) is 12.1. The summed E-state index contributed by atoms with van der Waals surface area (Å²) in [5, 5.41) is 0. The molecule has 0 spiro atoms. The van der Waals surface area contributed by atoms with Gasteiger partial charge in [0.1, 0.15) is 13.2 Å². The second-order valence-corrected chi connectivity index (χ2v) is 5.06. The minimum absolute atomic E-state index is 0.0986. The Bertz CT molecular complexity index is 553. The Hall–Kier alpha value is -2.34. The van der Waals surface area contributed by atoms with Gasteiger partial charge in [0, 0.05) is 18.4 Å². The molecule has 0 radical (unpaired) electrons. The summed E-state index contributed by atoms with van der Waals surface area (Å²) in [5.41, 5.74) is 0.0986. The van der Waals surface area contributed by atoms with Crippen LogP contribution in [-0.2, 0) is 28.6 Å². The maximum absolute atomic E-state index is 13.1. The lowest BCUT2D eigenvalue weighted by atomic mass is 10.2. The summed E-state index contributed by atoms with van der Waals surface area (Å²) in [6, 6.07) is 0. The molecule has 0 N–H and O–H groups in total. The van der Waals surface area contributed by atoms with Crippen LogP contribution in [0.5, 0.6) is 0 Å². The van der Waals surface area contributed by atoms with E-state index in [2.05, 4.69) is 20.8 Å². The Morgan fingerprint density at radius 3 is 1.70 bits per heavy atom. The molecule has 27 heavy (non-hydrogen) atoms. The smallest absolute Gasteiger partial charge is 0.462 e. The zero-order valence-corrected chi connectivity index (χ0v) is 13.8. The molecule has 0 aromatic heterocycles. The Labute approximate surface area is 148 Å².